The van der Waals surface area contributed by atoms with Gasteiger partial charge >= 0.3 is 0 Å². The number of nitrogens with one attached hydrogen (secondary N) is 2. The van der Waals surface area contributed by atoms with Gasteiger partial charge in [0.05, 0.1) is 42.6 Å². The lowest BCUT2D eigenvalue weighted by Crippen LogP contribution is -2.16. The van der Waals surface area contributed by atoms with Gasteiger partial charge in [-0.1, -0.05) is 11.6 Å². The highest BCUT2D eigenvalue weighted by Crippen LogP contribution is 2.36. The first-order valence-corrected chi connectivity index (χ1v) is 10.7. The second-order valence-electron chi connectivity index (χ2n) is 6.09. The van der Waals surface area contributed by atoms with Crippen LogP contribution in [0, 0.1) is 0 Å². The molecule has 174 valence electrons. The van der Waals surface area contributed by atoms with Crippen LogP contribution < -0.4 is 18.9 Å². The number of fused-ring (bicyclic) bond motifs is 1. The number of hydrogen-bond donors (Lipinski definition) is 2. The molecule has 3 aromatic heterocycles. The van der Waals surface area contributed by atoms with Crippen LogP contribution in [0.1, 0.15) is 5.48 Å². The molecule has 1 aromatic carbocycles. The molecule has 0 aliphatic heterocycles. The van der Waals surface area contributed by atoms with E-state index in [1.165, 1.54) is 35.5 Å². The minimum Gasteiger partial charge on any atom is -0.481 e. The van der Waals surface area contributed by atoms with E-state index in [2.05, 4.69) is 29.9 Å². The van der Waals surface area contributed by atoms with E-state index in [4.69, 9.17) is 31.3 Å². The first kappa shape index (κ1) is 17.9. The van der Waals surface area contributed by atoms with Gasteiger partial charge in [0.1, 0.15) is 23.8 Å². The van der Waals surface area contributed by atoms with Gasteiger partial charge in [-0.2, -0.15) is 20.2 Å². The Kier molecular flexibility index (Phi) is 4.91. The maximum atomic E-state index is 13.7. The molecule has 33 heavy (non-hydrogen) atoms. The van der Waals surface area contributed by atoms with Crippen LogP contribution in [-0.2, 0) is 10.0 Å². The zero-order valence-electron chi connectivity index (χ0n) is 20.8. The van der Waals surface area contributed by atoms with Crippen LogP contribution in [0.5, 0.6) is 17.5 Å². The molecule has 0 radical (unpaired) electrons. The number of halogens is 2. The summed E-state index contributed by atoms with van der Waals surface area (Å²) in [5.74, 6) is -2.38. The molecule has 0 unspecified atom stereocenters. The summed E-state index contributed by atoms with van der Waals surface area (Å²) in [4.78, 5) is 11.5. The third kappa shape index (κ3) is 4.21. The Balaban J connectivity index is 1.74. The number of sulfonamides is 1. The Morgan fingerprint density at radius 1 is 1.21 bits per heavy atom. The highest BCUT2D eigenvalue weighted by Gasteiger charge is 2.25. The summed E-state index contributed by atoms with van der Waals surface area (Å²) in [5, 5.41) is 8.55. The molecular weight excluding hydrogens is 481 g/mol. The maximum Gasteiger partial charge on any atom is 0.266 e. The van der Waals surface area contributed by atoms with Crippen molar-refractivity contribution in [2.24, 2.45) is 0 Å². The zero-order valence-corrected chi connectivity index (χ0v) is 18.4. The quantitative estimate of drug-likeness (QED) is 0.352. The number of nitrogens with zero attached hydrogens (tertiary/aromatic N) is 5. The van der Waals surface area contributed by atoms with Gasteiger partial charge in [-0.05, 0) is 12.1 Å². The van der Waals surface area contributed by atoms with Gasteiger partial charge in [0.25, 0.3) is 21.8 Å². The first-order chi connectivity index (χ1) is 17.3. The largest absolute Gasteiger partial charge is 0.481 e. The summed E-state index contributed by atoms with van der Waals surface area (Å²) < 4.78 is 86.1. The molecule has 0 aliphatic carbocycles. The molecule has 0 bridgehead atoms. The lowest BCUT2D eigenvalue weighted by molar-refractivity contribution is 0.240. The lowest BCUT2D eigenvalue weighted by Gasteiger charge is -2.14. The summed E-state index contributed by atoms with van der Waals surface area (Å²) >= 11 is 6.28. The van der Waals surface area contributed by atoms with Crippen molar-refractivity contribution >= 4 is 38.5 Å². The third-order valence-electron chi connectivity index (χ3n) is 4.26. The van der Waals surface area contributed by atoms with Crippen molar-refractivity contribution in [3.05, 3.63) is 35.7 Å². The second-order valence-corrected chi connectivity index (χ2v) is 8.15. The predicted molar refractivity (Wildman–Crippen MR) is 116 cm³/mol. The van der Waals surface area contributed by atoms with Crippen LogP contribution in [0.4, 0.5) is 10.3 Å². The van der Waals surface area contributed by atoms with Crippen LogP contribution in [-0.4, -0.2) is 65.8 Å². The molecule has 3 heterocycles. The number of benzene rings is 1. The molecule has 4 aromatic rings. The number of aromatic amines is 1. The van der Waals surface area contributed by atoms with Crippen molar-refractivity contribution < 1.29 is 32.5 Å². The fraction of sp³-hybridized carbons (Fsp3) is 0.222. The number of anilines is 1. The van der Waals surface area contributed by atoms with Crippen LogP contribution in [0.15, 0.2) is 35.6 Å². The van der Waals surface area contributed by atoms with Crippen LogP contribution >= 0.6 is 11.6 Å². The Bertz CT molecular complexity index is 1540. The van der Waals surface area contributed by atoms with E-state index in [-0.39, 0.29) is 15.3 Å². The molecular formula is C18H17ClFN7O5S. The standard InChI is InChI=1S/C18H17ClFN7O5S/c1-30-16-15(32-8-5-20)17(31-2)25-18(24-16)26-33(28,29)12-9-21-13-10(12)3-4-11(19)14(13)27-22-6-7-23-27/h3-4,6-7,9,21H,5,8H2,1-2H3,(H,24,25,26)/i5D2,8D2. The summed E-state index contributed by atoms with van der Waals surface area (Å²) in [6.45, 7) is -7.42. The minimum atomic E-state index is -4.36. The molecule has 4 rings (SSSR count). The van der Waals surface area contributed by atoms with Gasteiger partial charge < -0.3 is 19.2 Å². The minimum absolute atomic E-state index is 0.212. The smallest absolute Gasteiger partial charge is 0.266 e. The normalized spacial score (nSPS) is 14.2. The fourth-order valence-electron chi connectivity index (χ4n) is 2.95. The van der Waals surface area contributed by atoms with Gasteiger partial charge in [-0.25, -0.2) is 17.5 Å². The number of hydrogen-bond acceptors (Lipinski definition) is 9. The number of methoxy groups -OCH3 is 2. The highest BCUT2D eigenvalue weighted by molar-refractivity contribution is 7.93. The summed E-state index contributed by atoms with van der Waals surface area (Å²) in [6.07, 6.45) is 4.06. The van der Waals surface area contributed by atoms with Crippen molar-refractivity contribution in [3.8, 4) is 23.2 Å². The van der Waals surface area contributed by atoms with E-state index in [1.807, 2.05) is 0 Å². The number of H-pyrrole nitrogens is 1. The van der Waals surface area contributed by atoms with E-state index in [0.717, 1.165) is 14.2 Å². The molecule has 0 atom stereocenters. The van der Waals surface area contributed by atoms with Crippen molar-refractivity contribution in [2.45, 2.75) is 4.90 Å². The van der Waals surface area contributed by atoms with Crippen LogP contribution in [0.2, 0.25) is 5.02 Å². The van der Waals surface area contributed by atoms with Gasteiger partial charge in [0.2, 0.25) is 11.7 Å². The van der Waals surface area contributed by atoms with Crippen LogP contribution in [0.25, 0.3) is 16.6 Å². The molecule has 0 spiro atoms. The van der Waals surface area contributed by atoms with E-state index in [9.17, 15) is 12.8 Å². The van der Waals surface area contributed by atoms with Crippen molar-refractivity contribution in [2.75, 3.05) is 32.1 Å². The number of alkyl halides is 1. The molecule has 15 heteroatoms. The maximum absolute atomic E-state index is 13.7. The van der Waals surface area contributed by atoms with Gasteiger partial charge in [0.15, 0.2) is 0 Å². The Labute approximate surface area is 197 Å². The average molecular weight is 502 g/mol. The van der Waals surface area contributed by atoms with E-state index in [1.54, 1.807) is 0 Å². The Morgan fingerprint density at radius 3 is 2.48 bits per heavy atom. The number of aromatic nitrogens is 6. The predicted octanol–water partition coefficient (Wildman–Crippen LogP) is 2.36. The van der Waals surface area contributed by atoms with E-state index in [0.29, 0.717) is 11.2 Å². The van der Waals surface area contributed by atoms with E-state index >= 15 is 0 Å². The zero-order chi connectivity index (χ0) is 27.2. The van der Waals surface area contributed by atoms with Crippen molar-refractivity contribution in [1.29, 1.82) is 0 Å². The molecule has 2 N–H and O–H groups in total. The van der Waals surface area contributed by atoms with Gasteiger partial charge in [0, 0.05) is 11.6 Å². The van der Waals surface area contributed by atoms with E-state index < -0.39 is 46.7 Å². The monoisotopic (exact) mass is 501 g/mol. The molecule has 0 amide bonds. The highest BCUT2D eigenvalue weighted by atomic mass is 35.5. The summed E-state index contributed by atoms with van der Waals surface area (Å²) in [7, 11) is -2.19. The first-order valence-electron chi connectivity index (χ1n) is 10.9. The Hall–Kier alpha value is -3.65. The summed E-state index contributed by atoms with van der Waals surface area (Å²) in [6, 6.07) is 2.95. The summed E-state index contributed by atoms with van der Waals surface area (Å²) in [5.41, 5.74) is 0.639. The van der Waals surface area contributed by atoms with Gasteiger partial charge in [-0.3, -0.25) is 0 Å². The topological polar surface area (TPSA) is 146 Å². The molecule has 0 saturated carbocycles. The van der Waals surface area contributed by atoms with Crippen molar-refractivity contribution in [1.82, 2.24) is 29.9 Å². The molecule has 0 saturated heterocycles. The van der Waals surface area contributed by atoms with Crippen LogP contribution in [0.3, 0.4) is 0 Å². The SMILES string of the molecule is [2H]C([2H])(F)C([2H])([2H])Oc1c(OC)nc(NS(=O)(=O)c2c[nH]c3c(-n4nccn4)c(Cl)ccc23)nc1OC. The molecule has 12 nitrogen and oxygen atoms in total. The molecule has 0 fully saturated rings. The number of rotatable bonds is 9. The average Bonchev–Trinajstić information content (AvgIpc) is 3.49. The van der Waals surface area contributed by atoms with Gasteiger partial charge in [-0.15, -0.1) is 4.80 Å². The van der Waals surface area contributed by atoms with Crippen molar-refractivity contribution in [3.63, 3.8) is 0 Å². The fourth-order valence-corrected chi connectivity index (χ4v) is 4.30. The second kappa shape index (κ2) is 9.07. The number of ether oxygens (including phenoxy) is 3. The lowest BCUT2D eigenvalue weighted by atomic mass is 10.2. The molecule has 0 aliphatic rings. The third-order valence-corrected chi connectivity index (χ3v) is 5.93. The Morgan fingerprint density at radius 2 is 1.88 bits per heavy atom.